The summed E-state index contributed by atoms with van der Waals surface area (Å²) in [6, 6.07) is 0. The van der Waals surface area contributed by atoms with Gasteiger partial charge >= 0.3 is 0 Å². The molecule has 0 saturated heterocycles. The Morgan fingerprint density at radius 1 is 1.36 bits per heavy atom. The third-order valence-electron chi connectivity index (χ3n) is 2.21. The van der Waals surface area contributed by atoms with Gasteiger partial charge in [-0.05, 0) is 19.9 Å². The van der Waals surface area contributed by atoms with E-state index in [9.17, 15) is 0 Å². The minimum absolute atomic E-state index is 0.902. The topological polar surface area (TPSA) is 24.9 Å². The fourth-order valence-electron chi connectivity index (χ4n) is 1.43. The van der Waals surface area contributed by atoms with Gasteiger partial charge in [-0.1, -0.05) is 26.2 Å². The fourth-order valence-corrected chi connectivity index (χ4v) is 2.27. The summed E-state index contributed by atoms with van der Waals surface area (Å²) in [5.41, 5.74) is 1.27. The minimum Gasteiger partial charge on any atom is -0.314 e. The lowest BCUT2D eigenvalue weighted by Gasteiger charge is -1.96. The first kappa shape index (κ1) is 11.7. The second kappa shape index (κ2) is 6.96. The van der Waals surface area contributed by atoms with Crippen LogP contribution in [0.5, 0.6) is 0 Å². The summed E-state index contributed by atoms with van der Waals surface area (Å²) in [6.45, 7) is 3.15. The third kappa shape index (κ3) is 4.20. The van der Waals surface area contributed by atoms with E-state index in [0.717, 1.165) is 13.0 Å². The zero-order valence-corrected chi connectivity index (χ0v) is 9.99. The Labute approximate surface area is 90.8 Å². The normalized spacial score (nSPS) is 10.7. The molecule has 14 heavy (non-hydrogen) atoms. The van der Waals surface area contributed by atoms with Crippen molar-refractivity contribution < 1.29 is 0 Å². The molecule has 80 valence electrons. The molecule has 0 aliphatic carbocycles. The van der Waals surface area contributed by atoms with Gasteiger partial charge in [0, 0.05) is 11.9 Å². The molecule has 1 aromatic heterocycles. The Morgan fingerprint density at radius 2 is 2.21 bits per heavy atom. The van der Waals surface area contributed by atoms with Crippen molar-refractivity contribution in [2.45, 2.75) is 45.6 Å². The lowest BCUT2D eigenvalue weighted by molar-refractivity contribution is 0.660. The number of aromatic nitrogens is 1. The number of thiazole rings is 1. The third-order valence-corrected chi connectivity index (χ3v) is 3.11. The molecule has 0 aromatic carbocycles. The summed E-state index contributed by atoms with van der Waals surface area (Å²) in [5.74, 6) is 0. The average molecular weight is 212 g/mol. The molecule has 3 heteroatoms. The smallest absolute Gasteiger partial charge is 0.107 e. The summed E-state index contributed by atoms with van der Waals surface area (Å²) in [6.07, 6.45) is 6.45. The Kier molecular flexibility index (Phi) is 5.80. The van der Waals surface area contributed by atoms with Crippen LogP contribution < -0.4 is 5.32 Å². The summed E-state index contributed by atoms with van der Waals surface area (Å²) in [7, 11) is 1.96. The molecule has 2 nitrogen and oxygen atoms in total. The van der Waals surface area contributed by atoms with Gasteiger partial charge in [0.25, 0.3) is 0 Å². The van der Waals surface area contributed by atoms with Gasteiger partial charge in [-0.15, -0.1) is 11.3 Å². The number of rotatable bonds is 7. The Balaban J connectivity index is 2.22. The van der Waals surface area contributed by atoms with Crippen LogP contribution >= 0.6 is 11.3 Å². The second-order valence-electron chi connectivity index (χ2n) is 3.57. The summed E-state index contributed by atoms with van der Waals surface area (Å²) < 4.78 is 0. The number of nitrogens with one attached hydrogen (secondary N) is 1. The highest BCUT2D eigenvalue weighted by Crippen LogP contribution is 2.12. The number of unbranched alkanes of at least 4 members (excludes halogenated alkanes) is 3. The van der Waals surface area contributed by atoms with Crippen LogP contribution in [-0.2, 0) is 13.0 Å². The molecule has 1 N–H and O–H groups in total. The fraction of sp³-hybridized carbons (Fsp3) is 0.727. The number of hydrogen-bond acceptors (Lipinski definition) is 3. The maximum Gasteiger partial charge on any atom is 0.107 e. The van der Waals surface area contributed by atoms with Crippen molar-refractivity contribution in [3.05, 3.63) is 16.1 Å². The van der Waals surface area contributed by atoms with E-state index in [-0.39, 0.29) is 0 Å². The van der Waals surface area contributed by atoms with Crippen LogP contribution in [-0.4, -0.2) is 12.0 Å². The monoisotopic (exact) mass is 212 g/mol. The summed E-state index contributed by atoms with van der Waals surface area (Å²) in [4.78, 5) is 4.55. The first-order valence-electron chi connectivity index (χ1n) is 5.44. The molecule has 0 unspecified atom stereocenters. The number of nitrogens with zero attached hydrogens (tertiary/aromatic N) is 1. The van der Waals surface area contributed by atoms with Gasteiger partial charge in [-0.2, -0.15) is 0 Å². The molecule has 0 bridgehead atoms. The van der Waals surface area contributed by atoms with E-state index in [2.05, 4.69) is 22.6 Å². The highest BCUT2D eigenvalue weighted by molar-refractivity contribution is 7.09. The molecule has 0 amide bonds. The van der Waals surface area contributed by atoms with Gasteiger partial charge in [-0.25, -0.2) is 4.98 Å². The first-order chi connectivity index (χ1) is 6.86. The highest BCUT2D eigenvalue weighted by Gasteiger charge is 2.00. The quantitative estimate of drug-likeness (QED) is 0.703. The van der Waals surface area contributed by atoms with Gasteiger partial charge in [0.15, 0.2) is 0 Å². The van der Waals surface area contributed by atoms with Crippen LogP contribution in [0.4, 0.5) is 0 Å². The van der Waals surface area contributed by atoms with Gasteiger partial charge in [0.1, 0.15) is 5.01 Å². The zero-order valence-electron chi connectivity index (χ0n) is 9.18. The molecule has 0 aliphatic rings. The predicted molar refractivity (Wildman–Crippen MR) is 62.7 cm³/mol. The van der Waals surface area contributed by atoms with Crippen molar-refractivity contribution in [1.82, 2.24) is 10.3 Å². The van der Waals surface area contributed by atoms with Crippen molar-refractivity contribution in [1.29, 1.82) is 0 Å². The molecule has 1 heterocycles. The van der Waals surface area contributed by atoms with Gasteiger partial charge in [0.05, 0.1) is 5.69 Å². The Morgan fingerprint density at radius 3 is 2.93 bits per heavy atom. The van der Waals surface area contributed by atoms with E-state index >= 15 is 0 Å². The zero-order chi connectivity index (χ0) is 10.2. The van der Waals surface area contributed by atoms with Crippen LogP contribution in [0.25, 0.3) is 0 Å². The van der Waals surface area contributed by atoms with Crippen LogP contribution in [0, 0.1) is 0 Å². The molecule has 0 saturated carbocycles. The van der Waals surface area contributed by atoms with Crippen molar-refractivity contribution in [2.75, 3.05) is 7.05 Å². The minimum atomic E-state index is 0.902. The largest absolute Gasteiger partial charge is 0.314 e. The predicted octanol–water partition coefficient (Wildman–Crippen LogP) is 2.99. The first-order valence-corrected chi connectivity index (χ1v) is 6.32. The standard InChI is InChI=1S/C11H20N2S/c1-3-4-5-6-7-10-9-14-11(13-10)8-12-2/h9,12H,3-8H2,1-2H3. The molecule has 1 aromatic rings. The van der Waals surface area contributed by atoms with Crippen LogP contribution in [0.3, 0.4) is 0 Å². The van der Waals surface area contributed by atoms with Gasteiger partial charge < -0.3 is 5.32 Å². The average Bonchev–Trinajstić information content (AvgIpc) is 2.61. The molecule has 1 rings (SSSR count). The SMILES string of the molecule is CCCCCCc1csc(CNC)n1. The number of hydrogen-bond donors (Lipinski definition) is 1. The molecular formula is C11H20N2S. The van der Waals surface area contributed by atoms with E-state index in [4.69, 9.17) is 0 Å². The van der Waals surface area contributed by atoms with E-state index in [0.29, 0.717) is 0 Å². The second-order valence-corrected chi connectivity index (χ2v) is 4.52. The lowest BCUT2D eigenvalue weighted by Crippen LogP contribution is -2.04. The van der Waals surface area contributed by atoms with E-state index in [1.807, 2.05) is 7.05 Å². The molecule has 0 spiro atoms. The van der Waals surface area contributed by atoms with E-state index < -0.39 is 0 Å². The molecule has 0 fully saturated rings. The highest BCUT2D eigenvalue weighted by atomic mass is 32.1. The Bertz CT molecular complexity index is 245. The Hall–Kier alpha value is -0.410. The molecule has 0 atom stereocenters. The van der Waals surface area contributed by atoms with Crippen molar-refractivity contribution >= 4 is 11.3 Å². The van der Waals surface area contributed by atoms with Crippen molar-refractivity contribution in [3.63, 3.8) is 0 Å². The maximum absolute atomic E-state index is 4.55. The van der Waals surface area contributed by atoms with Crippen LogP contribution in [0.2, 0.25) is 0 Å². The van der Waals surface area contributed by atoms with Crippen molar-refractivity contribution in [3.8, 4) is 0 Å². The summed E-state index contributed by atoms with van der Waals surface area (Å²) >= 11 is 1.76. The van der Waals surface area contributed by atoms with Gasteiger partial charge in [0.2, 0.25) is 0 Å². The van der Waals surface area contributed by atoms with Crippen molar-refractivity contribution in [2.24, 2.45) is 0 Å². The molecule has 0 radical (unpaired) electrons. The van der Waals surface area contributed by atoms with Crippen LogP contribution in [0.1, 0.15) is 43.3 Å². The number of aryl methyl sites for hydroxylation is 1. The van der Waals surface area contributed by atoms with E-state index in [1.165, 1.54) is 36.4 Å². The summed E-state index contributed by atoms with van der Waals surface area (Å²) in [5, 5.41) is 6.52. The maximum atomic E-state index is 4.55. The molecular weight excluding hydrogens is 192 g/mol. The van der Waals surface area contributed by atoms with Gasteiger partial charge in [-0.3, -0.25) is 0 Å². The van der Waals surface area contributed by atoms with Crippen LogP contribution in [0.15, 0.2) is 5.38 Å². The molecule has 0 aliphatic heterocycles. The van der Waals surface area contributed by atoms with E-state index in [1.54, 1.807) is 11.3 Å². The lowest BCUT2D eigenvalue weighted by atomic mass is 10.1.